The Morgan fingerprint density at radius 1 is 1.15 bits per heavy atom. The Morgan fingerprint density at radius 2 is 1.91 bits per heavy atom. The number of carbonyl (C=O) groups excluding carboxylic acids is 2. The van der Waals surface area contributed by atoms with Gasteiger partial charge in [0.2, 0.25) is 11.8 Å². The van der Waals surface area contributed by atoms with Crippen LogP contribution in [0.5, 0.6) is 0 Å². The molecule has 1 unspecified atom stereocenters. The van der Waals surface area contributed by atoms with Crippen LogP contribution in [0, 0.1) is 0 Å². The van der Waals surface area contributed by atoms with Crippen molar-refractivity contribution in [3.63, 3.8) is 0 Å². The lowest BCUT2D eigenvalue weighted by molar-refractivity contribution is -0.120. The van der Waals surface area contributed by atoms with E-state index in [9.17, 15) is 14.4 Å². The number of benzene rings is 1. The van der Waals surface area contributed by atoms with Crippen molar-refractivity contribution in [3.8, 4) is 0 Å². The van der Waals surface area contributed by atoms with Crippen molar-refractivity contribution in [3.05, 3.63) is 58.0 Å². The van der Waals surface area contributed by atoms with E-state index in [-0.39, 0.29) is 29.8 Å². The monoisotopic (exact) mass is 466 g/mol. The fraction of sp³-hybridized carbons (Fsp3) is 0.391. The van der Waals surface area contributed by atoms with Crippen LogP contribution in [0.4, 0.5) is 11.4 Å². The number of fused-ring (bicyclic) bond motifs is 2. The summed E-state index contributed by atoms with van der Waals surface area (Å²) in [4.78, 5) is 49.2. The molecular weight excluding hydrogens is 440 g/mol. The molecule has 1 N–H and O–H groups in total. The third kappa shape index (κ3) is 4.54. The topological polar surface area (TPSA) is 90.3 Å². The Balaban J connectivity index is 1.21. The van der Waals surface area contributed by atoms with E-state index in [1.54, 1.807) is 21.6 Å². The van der Waals surface area contributed by atoms with Gasteiger partial charge in [0.15, 0.2) is 4.96 Å². The molecule has 2 amide bonds. The largest absolute Gasteiger partial charge is 0.324 e. The van der Waals surface area contributed by atoms with Crippen LogP contribution in [0.25, 0.3) is 4.96 Å². The van der Waals surface area contributed by atoms with E-state index >= 15 is 0 Å². The molecule has 2 aliphatic rings. The van der Waals surface area contributed by atoms with Gasteiger partial charge in [-0.1, -0.05) is 12.1 Å². The summed E-state index contributed by atoms with van der Waals surface area (Å²) in [7, 11) is 0. The summed E-state index contributed by atoms with van der Waals surface area (Å²) in [6.45, 7) is 5.95. The standard InChI is InChI=1S/C23H26N6O3S/c1-16-12-20(30)25-18-4-2-3-5-19(18)29(16)22(32)15-27-8-6-26(7-9-27)14-17-13-21(31)28-10-11-33-23(28)24-17/h2-5,10-11,13,16H,6-9,12,14-15H2,1H3,(H,25,30). The highest BCUT2D eigenvalue weighted by Crippen LogP contribution is 2.31. The van der Waals surface area contributed by atoms with E-state index in [0.29, 0.717) is 23.7 Å². The van der Waals surface area contributed by atoms with E-state index in [0.717, 1.165) is 37.6 Å². The van der Waals surface area contributed by atoms with Crippen LogP contribution in [0.15, 0.2) is 46.7 Å². The minimum Gasteiger partial charge on any atom is -0.324 e. The second-order valence-electron chi connectivity index (χ2n) is 8.58. The van der Waals surface area contributed by atoms with Crippen LogP contribution in [-0.4, -0.2) is 69.8 Å². The van der Waals surface area contributed by atoms with E-state index in [1.165, 1.54) is 11.3 Å². The number of nitrogens with zero attached hydrogens (tertiary/aromatic N) is 5. The van der Waals surface area contributed by atoms with E-state index < -0.39 is 0 Å². The fourth-order valence-corrected chi connectivity index (χ4v) is 5.28. The van der Waals surface area contributed by atoms with Gasteiger partial charge < -0.3 is 10.2 Å². The molecule has 1 atom stereocenters. The van der Waals surface area contributed by atoms with Crippen LogP contribution in [-0.2, 0) is 16.1 Å². The predicted octanol–water partition coefficient (Wildman–Crippen LogP) is 1.64. The van der Waals surface area contributed by atoms with Gasteiger partial charge in [0.1, 0.15) is 0 Å². The number of para-hydroxylation sites is 2. The van der Waals surface area contributed by atoms with Crippen LogP contribution < -0.4 is 15.8 Å². The number of rotatable bonds is 4. The molecular formula is C23H26N6O3S. The second-order valence-corrected chi connectivity index (χ2v) is 9.45. The summed E-state index contributed by atoms with van der Waals surface area (Å²) >= 11 is 1.45. The van der Waals surface area contributed by atoms with Gasteiger partial charge in [-0.25, -0.2) is 4.98 Å². The number of carbonyl (C=O) groups is 2. The molecule has 172 valence electrons. The first-order chi connectivity index (χ1) is 16.0. The summed E-state index contributed by atoms with van der Waals surface area (Å²) in [5.41, 5.74) is 2.15. The highest BCUT2D eigenvalue weighted by Gasteiger charge is 2.31. The SMILES string of the molecule is CC1CC(=O)Nc2ccccc2N1C(=O)CN1CCN(Cc2cc(=O)n3ccsc3n2)CC1. The number of anilines is 2. The molecule has 3 aromatic rings. The number of nitrogens with one attached hydrogen (secondary N) is 1. The van der Waals surface area contributed by atoms with Crippen LogP contribution in [0.3, 0.4) is 0 Å². The first kappa shape index (κ1) is 21.7. The summed E-state index contributed by atoms with van der Waals surface area (Å²) in [5.74, 6) is -0.0782. The lowest BCUT2D eigenvalue weighted by Gasteiger charge is -2.36. The Hall–Kier alpha value is -3.08. The molecule has 1 aromatic carbocycles. The smallest absolute Gasteiger partial charge is 0.258 e. The van der Waals surface area contributed by atoms with Crippen molar-refractivity contribution in [2.24, 2.45) is 0 Å². The van der Waals surface area contributed by atoms with Gasteiger partial charge in [0, 0.05) is 62.8 Å². The van der Waals surface area contributed by atoms with Gasteiger partial charge >= 0.3 is 0 Å². The molecule has 33 heavy (non-hydrogen) atoms. The number of amides is 2. The molecule has 4 heterocycles. The minimum atomic E-state index is -0.208. The molecule has 0 saturated carbocycles. The third-order valence-corrected chi connectivity index (χ3v) is 6.95. The number of aromatic nitrogens is 2. The maximum atomic E-state index is 13.3. The van der Waals surface area contributed by atoms with Crippen LogP contribution >= 0.6 is 11.3 Å². The number of hydrogen-bond donors (Lipinski definition) is 1. The Morgan fingerprint density at radius 3 is 2.73 bits per heavy atom. The molecule has 9 nitrogen and oxygen atoms in total. The summed E-state index contributed by atoms with van der Waals surface area (Å²) in [6, 6.07) is 8.85. The molecule has 2 aliphatic heterocycles. The van der Waals surface area contributed by atoms with Crippen LogP contribution in [0.2, 0.25) is 0 Å². The number of piperazine rings is 1. The second kappa shape index (κ2) is 9.05. The molecule has 0 spiro atoms. The Labute approximate surface area is 195 Å². The molecule has 2 aromatic heterocycles. The van der Waals surface area contributed by atoms with Gasteiger partial charge in [-0.3, -0.25) is 28.6 Å². The molecule has 10 heteroatoms. The fourth-order valence-electron chi connectivity index (χ4n) is 4.54. The summed E-state index contributed by atoms with van der Waals surface area (Å²) in [5, 5.41) is 4.76. The first-order valence-corrected chi connectivity index (χ1v) is 12.0. The van der Waals surface area contributed by atoms with E-state index in [2.05, 4.69) is 20.1 Å². The molecule has 1 fully saturated rings. The first-order valence-electron chi connectivity index (χ1n) is 11.1. The van der Waals surface area contributed by atoms with Crippen molar-refractivity contribution in [1.29, 1.82) is 0 Å². The van der Waals surface area contributed by atoms with E-state index in [1.807, 2.05) is 36.6 Å². The van der Waals surface area contributed by atoms with Gasteiger partial charge in [0.05, 0.1) is 23.6 Å². The highest BCUT2D eigenvalue weighted by atomic mass is 32.1. The maximum Gasteiger partial charge on any atom is 0.258 e. The predicted molar refractivity (Wildman–Crippen MR) is 128 cm³/mol. The molecule has 0 radical (unpaired) electrons. The quantitative estimate of drug-likeness (QED) is 0.629. The number of hydrogen-bond acceptors (Lipinski definition) is 7. The molecule has 0 aliphatic carbocycles. The average Bonchev–Trinajstić information content (AvgIpc) is 3.21. The number of thiazole rings is 1. The lowest BCUT2D eigenvalue weighted by atomic mass is 10.1. The summed E-state index contributed by atoms with van der Waals surface area (Å²) in [6.07, 6.45) is 2.01. The van der Waals surface area contributed by atoms with Gasteiger partial charge in [-0.15, -0.1) is 11.3 Å². The van der Waals surface area contributed by atoms with Gasteiger partial charge in [-0.2, -0.15) is 0 Å². The molecule has 0 bridgehead atoms. The normalized spacial score (nSPS) is 19.8. The van der Waals surface area contributed by atoms with Crippen molar-refractivity contribution >= 4 is 39.5 Å². The minimum absolute atomic E-state index is 0.00210. The highest BCUT2D eigenvalue weighted by molar-refractivity contribution is 7.15. The van der Waals surface area contributed by atoms with Gasteiger partial charge in [-0.05, 0) is 19.1 Å². The summed E-state index contributed by atoms with van der Waals surface area (Å²) < 4.78 is 1.56. The average molecular weight is 467 g/mol. The Kier molecular flexibility index (Phi) is 5.96. The van der Waals surface area contributed by atoms with Crippen molar-refractivity contribution in [2.45, 2.75) is 25.9 Å². The molecule has 1 saturated heterocycles. The zero-order valence-electron chi connectivity index (χ0n) is 18.4. The Bertz CT molecular complexity index is 1250. The van der Waals surface area contributed by atoms with Crippen LogP contribution in [0.1, 0.15) is 19.0 Å². The maximum absolute atomic E-state index is 13.3. The molecule has 5 rings (SSSR count). The van der Waals surface area contributed by atoms with Crippen molar-refractivity contribution in [1.82, 2.24) is 19.2 Å². The van der Waals surface area contributed by atoms with E-state index in [4.69, 9.17) is 0 Å². The zero-order chi connectivity index (χ0) is 22.9. The third-order valence-electron chi connectivity index (χ3n) is 6.19. The van der Waals surface area contributed by atoms with Crippen molar-refractivity contribution < 1.29 is 9.59 Å². The van der Waals surface area contributed by atoms with Gasteiger partial charge in [0.25, 0.3) is 5.56 Å². The zero-order valence-corrected chi connectivity index (χ0v) is 19.3. The van der Waals surface area contributed by atoms with Crippen molar-refractivity contribution in [2.75, 3.05) is 42.9 Å². The lowest BCUT2D eigenvalue weighted by Crippen LogP contribution is -2.51.